The molecule has 0 radical (unpaired) electrons. The first kappa shape index (κ1) is 15.3. The lowest BCUT2D eigenvalue weighted by Crippen LogP contribution is -2.41. The fourth-order valence-corrected chi connectivity index (χ4v) is 2.70. The summed E-state index contributed by atoms with van der Waals surface area (Å²) in [5, 5.41) is 14.1. The van der Waals surface area contributed by atoms with E-state index >= 15 is 0 Å². The highest BCUT2D eigenvalue weighted by Gasteiger charge is 2.30. The molecular weight excluding hydrogens is 266 g/mol. The second-order valence-corrected chi connectivity index (χ2v) is 5.71. The molecule has 0 spiro atoms. The molecular formula is C17H20NO3-. The Labute approximate surface area is 124 Å². The van der Waals surface area contributed by atoms with Gasteiger partial charge in [0.25, 0.3) is 0 Å². The maximum atomic E-state index is 12.4. The van der Waals surface area contributed by atoms with E-state index in [9.17, 15) is 14.7 Å². The Morgan fingerprint density at radius 3 is 2.38 bits per heavy atom. The van der Waals surface area contributed by atoms with Crippen molar-refractivity contribution in [2.24, 2.45) is 11.8 Å². The van der Waals surface area contributed by atoms with Crippen molar-refractivity contribution in [1.82, 2.24) is 0 Å². The van der Waals surface area contributed by atoms with Crippen LogP contribution in [0.25, 0.3) is 0 Å². The van der Waals surface area contributed by atoms with Crippen molar-refractivity contribution in [3.05, 3.63) is 42.0 Å². The van der Waals surface area contributed by atoms with Crippen molar-refractivity contribution in [2.45, 2.75) is 32.6 Å². The summed E-state index contributed by atoms with van der Waals surface area (Å²) in [5.74, 6) is -2.44. The van der Waals surface area contributed by atoms with E-state index in [1.54, 1.807) is 6.08 Å². The van der Waals surface area contributed by atoms with Gasteiger partial charge in [-0.05, 0) is 30.4 Å². The van der Waals surface area contributed by atoms with Gasteiger partial charge >= 0.3 is 0 Å². The lowest BCUT2D eigenvalue weighted by Gasteiger charge is -2.28. The molecule has 1 aliphatic carbocycles. The molecule has 0 fully saturated rings. The number of carbonyl (C=O) groups is 2. The van der Waals surface area contributed by atoms with E-state index in [1.165, 1.54) is 0 Å². The molecule has 4 nitrogen and oxygen atoms in total. The van der Waals surface area contributed by atoms with Crippen LogP contribution < -0.4 is 10.4 Å². The smallest absolute Gasteiger partial charge is 0.228 e. The normalized spacial score (nSPS) is 21.3. The molecule has 0 bridgehead atoms. The molecule has 1 amide bonds. The summed E-state index contributed by atoms with van der Waals surface area (Å²) in [6.45, 7) is 4.11. The van der Waals surface area contributed by atoms with Gasteiger partial charge in [0.15, 0.2) is 0 Å². The van der Waals surface area contributed by atoms with Crippen LogP contribution in [0.15, 0.2) is 36.4 Å². The number of hydrogen-bond acceptors (Lipinski definition) is 3. The van der Waals surface area contributed by atoms with E-state index in [0.717, 1.165) is 11.3 Å². The zero-order valence-electron chi connectivity index (χ0n) is 12.3. The Bertz CT molecular complexity index is 563. The lowest BCUT2D eigenvalue weighted by atomic mass is 9.82. The predicted molar refractivity (Wildman–Crippen MR) is 79.5 cm³/mol. The van der Waals surface area contributed by atoms with Gasteiger partial charge in [-0.15, -0.1) is 0 Å². The molecule has 0 saturated carbocycles. The fraction of sp³-hybridized carbons (Fsp3) is 0.412. The summed E-state index contributed by atoms with van der Waals surface area (Å²) in [7, 11) is 0. The van der Waals surface area contributed by atoms with Gasteiger partial charge in [-0.3, -0.25) is 4.79 Å². The number of nitrogens with one attached hydrogen (secondary N) is 1. The van der Waals surface area contributed by atoms with Crippen molar-refractivity contribution in [1.29, 1.82) is 0 Å². The molecule has 1 aromatic rings. The molecule has 0 saturated heterocycles. The predicted octanol–water partition coefficient (Wildman–Crippen LogP) is 2.08. The number of carboxylic acid groups (broad SMARTS) is 1. The van der Waals surface area contributed by atoms with E-state index in [-0.39, 0.29) is 11.8 Å². The number of benzene rings is 1. The number of allylic oxidation sites excluding steroid dienone is 2. The third-order valence-corrected chi connectivity index (χ3v) is 3.91. The first-order valence-corrected chi connectivity index (χ1v) is 7.26. The molecule has 1 aliphatic rings. The van der Waals surface area contributed by atoms with Gasteiger partial charge < -0.3 is 15.2 Å². The summed E-state index contributed by atoms with van der Waals surface area (Å²) in [6, 6.07) is 7.61. The van der Waals surface area contributed by atoms with Crippen molar-refractivity contribution in [3.8, 4) is 0 Å². The summed E-state index contributed by atoms with van der Waals surface area (Å²) in [5.41, 5.74) is 1.80. The largest absolute Gasteiger partial charge is 0.550 e. The molecule has 2 rings (SSSR count). The van der Waals surface area contributed by atoms with Gasteiger partial charge in [-0.1, -0.05) is 44.2 Å². The number of carboxylic acids is 1. The Balaban J connectivity index is 2.18. The van der Waals surface area contributed by atoms with Crippen molar-refractivity contribution in [2.75, 3.05) is 5.32 Å². The maximum Gasteiger partial charge on any atom is 0.228 e. The highest BCUT2D eigenvalue weighted by molar-refractivity contribution is 5.95. The van der Waals surface area contributed by atoms with Gasteiger partial charge in [0.1, 0.15) is 0 Å². The number of rotatable bonds is 4. The number of anilines is 1. The van der Waals surface area contributed by atoms with Gasteiger partial charge in [-0.2, -0.15) is 0 Å². The second kappa shape index (κ2) is 6.57. The third kappa shape index (κ3) is 3.51. The van der Waals surface area contributed by atoms with E-state index in [1.807, 2.05) is 30.3 Å². The van der Waals surface area contributed by atoms with Crippen molar-refractivity contribution in [3.63, 3.8) is 0 Å². The van der Waals surface area contributed by atoms with Crippen LogP contribution in [0.4, 0.5) is 5.69 Å². The highest BCUT2D eigenvalue weighted by atomic mass is 16.4. The SMILES string of the molecule is CC(C)c1ccccc1NC(=O)[C@H]1CC=CC[C@H]1C(=O)[O-]. The topological polar surface area (TPSA) is 69.2 Å². The van der Waals surface area contributed by atoms with Crippen LogP contribution in [0.2, 0.25) is 0 Å². The Kier molecular flexibility index (Phi) is 4.78. The molecule has 4 heteroatoms. The maximum absolute atomic E-state index is 12.4. The minimum Gasteiger partial charge on any atom is -0.550 e. The molecule has 1 aromatic carbocycles. The number of carbonyl (C=O) groups excluding carboxylic acids is 2. The van der Waals surface area contributed by atoms with Crippen LogP contribution >= 0.6 is 0 Å². The van der Waals surface area contributed by atoms with E-state index < -0.39 is 17.8 Å². The van der Waals surface area contributed by atoms with Crippen LogP contribution in [0.3, 0.4) is 0 Å². The molecule has 2 atom stereocenters. The van der Waals surface area contributed by atoms with E-state index in [2.05, 4.69) is 19.2 Å². The zero-order valence-corrected chi connectivity index (χ0v) is 12.3. The number of aliphatic carboxylic acids is 1. The van der Waals surface area contributed by atoms with Gasteiger partial charge in [0.2, 0.25) is 5.91 Å². The van der Waals surface area contributed by atoms with E-state index in [4.69, 9.17) is 0 Å². The Morgan fingerprint density at radius 1 is 1.14 bits per heavy atom. The van der Waals surface area contributed by atoms with Gasteiger partial charge in [0, 0.05) is 17.6 Å². The van der Waals surface area contributed by atoms with Crippen LogP contribution in [0.5, 0.6) is 0 Å². The van der Waals surface area contributed by atoms with Crippen LogP contribution in [0, 0.1) is 11.8 Å². The second-order valence-electron chi connectivity index (χ2n) is 5.71. The lowest BCUT2D eigenvalue weighted by molar-refractivity contribution is -0.313. The van der Waals surface area contributed by atoms with Gasteiger partial charge in [-0.25, -0.2) is 0 Å². The summed E-state index contributed by atoms with van der Waals surface area (Å²) in [6.07, 6.45) is 4.45. The number of para-hydroxylation sites is 1. The first-order valence-electron chi connectivity index (χ1n) is 7.26. The number of amides is 1. The Hall–Kier alpha value is -2.10. The summed E-state index contributed by atoms with van der Waals surface area (Å²) in [4.78, 5) is 23.6. The molecule has 1 N–H and O–H groups in total. The molecule has 0 aromatic heterocycles. The van der Waals surface area contributed by atoms with Crippen LogP contribution in [-0.4, -0.2) is 11.9 Å². The molecule has 0 aliphatic heterocycles. The summed E-state index contributed by atoms with van der Waals surface area (Å²) >= 11 is 0. The standard InChI is InChI=1S/C17H21NO3/c1-11(2)12-7-5-6-10-15(12)18-16(19)13-8-3-4-9-14(13)17(20)21/h3-7,10-11,13-14H,8-9H2,1-2H3,(H,18,19)(H,20,21)/p-1/t13-,14+/m0/s1. The van der Waals surface area contributed by atoms with E-state index in [0.29, 0.717) is 12.8 Å². The third-order valence-electron chi connectivity index (χ3n) is 3.91. The first-order chi connectivity index (χ1) is 10.0. The average Bonchev–Trinajstić information content (AvgIpc) is 2.47. The van der Waals surface area contributed by atoms with Crippen molar-refractivity contribution < 1.29 is 14.7 Å². The summed E-state index contributed by atoms with van der Waals surface area (Å²) < 4.78 is 0. The minimum absolute atomic E-state index is 0.248. The highest BCUT2D eigenvalue weighted by Crippen LogP contribution is 2.29. The number of hydrogen-bond donors (Lipinski definition) is 1. The molecule has 0 heterocycles. The van der Waals surface area contributed by atoms with Gasteiger partial charge in [0.05, 0.1) is 5.92 Å². The minimum atomic E-state index is -1.16. The average molecular weight is 286 g/mol. The quantitative estimate of drug-likeness (QED) is 0.862. The Morgan fingerprint density at radius 2 is 1.76 bits per heavy atom. The molecule has 0 unspecified atom stereocenters. The molecule has 21 heavy (non-hydrogen) atoms. The monoisotopic (exact) mass is 286 g/mol. The molecule has 112 valence electrons. The van der Waals surface area contributed by atoms with Crippen LogP contribution in [-0.2, 0) is 9.59 Å². The van der Waals surface area contributed by atoms with Crippen LogP contribution in [0.1, 0.15) is 38.2 Å². The van der Waals surface area contributed by atoms with Crippen molar-refractivity contribution >= 4 is 17.6 Å². The fourth-order valence-electron chi connectivity index (χ4n) is 2.70. The zero-order chi connectivity index (χ0) is 15.4.